The highest BCUT2D eigenvalue weighted by molar-refractivity contribution is 7.97. The summed E-state index contributed by atoms with van der Waals surface area (Å²) >= 11 is 7.44. The Morgan fingerprint density at radius 3 is 2.40 bits per heavy atom. The Bertz CT molecular complexity index is 1800. The van der Waals surface area contributed by atoms with E-state index in [-0.39, 0.29) is 17.9 Å². The molecule has 1 unspecified atom stereocenters. The van der Waals surface area contributed by atoms with Crippen LogP contribution < -0.4 is 29.1 Å². The summed E-state index contributed by atoms with van der Waals surface area (Å²) in [5.74, 6) is -0.434. The normalized spacial score (nSPS) is 15.6. The molecule has 1 atom stereocenters. The quantitative estimate of drug-likeness (QED) is 0.104. The summed E-state index contributed by atoms with van der Waals surface area (Å²) in [6.07, 6.45) is -1.16. The summed E-state index contributed by atoms with van der Waals surface area (Å²) in [4.78, 5) is 34.4. The van der Waals surface area contributed by atoms with Crippen LogP contribution in [0.5, 0.6) is 17.2 Å². The molecule has 2 amide bonds. The van der Waals surface area contributed by atoms with Gasteiger partial charge in [-0.15, -0.1) is 13.2 Å². The number of carbonyl (C=O) groups is 2. The van der Waals surface area contributed by atoms with Gasteiger partial charge in [0.05, 0.1) is 25.6 Å². The van der Waals surface area contributed by atoms with Gasteiger partial charge in [0.15, 0.2) is 0 Å². The van der Waals surface area contributed by atoms with Crippen LogP contribution in [0.2, 0.25) is 5.02 Å². The first-order valence-corrected chi connectivity index (χ1v) is 17.3. The number of methoxy groups -OCH3 is 2. The Morgan fingerprint density at radius 1 is 1.04 bits per heavy atom. The van der Waals surface area contributed by atoms with Crippen molar-refractivity contribution in [1.29, 1.82) is 0 Å². The lowest BCUT2D eigenvalue weighted by Gasteiger charge is -2.28. The maximum atomic E-state index is 14.7. The van der Waals surface area contributed by atoms with Crippen molar-refractivity contribution in [2.75, 3.05) is 37.2 Å². The number of hydrogen-bond acceptors (Lipinski definition) is 9. The SMILES string of the molecule is CC/C(=N\OC(C)(C)C(=O)NSC)c1cc(NC(C(=O)N2CC3(CC3)c3ccc(OC(F)(F)F)cc32)c2ccc(Cl)cc2OC)cc(OC)c1. The van der Waals surface area contributed by atoms with E-state index in [1.165, 1.54) is 31.3 Å². The van der Waals surface area contributed by atoms with Crippen molar-refractivity contribution in [2.24, 2.45) is 5.16 Å². The maximum absolute atomic E-state index is 14.7. The van der Waals surface area contributed by atoms with Crippen LogP contribution in [0.15, 0.2) is 59.8 Å². The zero-order valence-corrected chi connectivity index (χ0v) is 29.9. The second-order valence-corrected chi connectivity index (χ2v) is 13.5. The molecule has 1 aliphatic carbocycles. The summed E-state index contributed by atoms with van der Waals surface area (Å²) in [6, 6.07) is 13.1. The van der Waals surface area contributed by atoms with Gasteiger partial charge in [0.1, 0.15) is 23.3 Å². The molecule has 268 valence electrons. The molecule has 5 rings (SSSR count). The van der Waals surface area contributed by atoms with Gasteiger partial charge in [0.2, 0.25) is 5.60 Å². The predicted molar refractivity (Wildman–Crippen MR) is 187 cm³/mol. The van der Waals surface area contributed by atoms with Gasteiger partial charge in [0.25, 0.3) is 11.8 Å². The topological polar surface area (TPSA) is 111 Å². The van der Waals surface area contributed by atoms with Gasteiger partial charge in [0, 0.05) is 52.2 Å². The third kappa shape index (κ3) is 8.02. The molecule has 0 saturated heterocycles. The van der Waals surface area contributed by atoms with Crippen LogP contribution in [0.4, 0.5) is 24.5 Å². The minimum Gasteiger partial charge on any atom is -0.497 e. The van der Waals surface area contributed by atoms with Crippen molar-refractivity contribution in [3.8, 4) is 17.2 Å². The second kappa shape index (κ2) is 14.5. The van der Waals surface area contributed by atoms with Crippen LogP contribution in [0, 0.1) is 0 Å². The van der Waals surface area contributed by atoms with E-state index in [0.29, 0.717) is 51.2 Å². The molecule has 1 aliphatic heterocycles. The number of benzene rings is 3. The van der Waals surface area contributed by atoms with Gasteiger partial charge in [-0.2, -0.15) is 0 Å². The minimum absolute atomic E-state index is 0.290. The smallest absolute Gasteiger partial charge is 0.497 e. The number of nitrogens with zero attached hydrogens (tertiary/aromatic N) is 2. The second-order valence-electron chi connectivity index (χ2n) is 12.5. The number of fused-ring (bicyclic) bond motifs is 2. The van der Waals surface area contributed by atoms with Gasteiger partial charge in [-0.3, -0.25) is 14.3 Å². The third-order valence-corrected chi connectivity index (χ3v) is 9.27. The fourth-order valence-electron chi connectivity index (χ4n) is 5.86. The number of alkyl halides is 3. The summed E-state index contributed by atoms with van der Waals surface area (Å²) in [6.45, 7) is 5.37. The minimum atomic E-state index is -4.90. The zero-order chi connectivity index (χ0) is 36.4. The molecular weight excluding hydrogens is 697 g/mol. The molecule has 15 heteroatoms. The molecule has 3 aromatic rings. The predicted octanol–water partition coefficient (Wildman–Crippen LogP) is 7.79. The van der Waals surface area contributed by atoms with Crippen molar-refractivity contribution in [1.82, 2.24) is 4.72 Å². The van der Waals surface area contributed by atoms with Crippen molar-refractivity contribution in [3.05, 3.63) is 76.3 Å². The number of ether oxygens (including phenoxy) is 3. The van der Waals surface area contributed by atoms with E-state index in [1.807, 2.05) is 6.92 Å². The first-order valence-electron chi connectivity index (χ1n) is 15.7. The molecule has 10 nitrogen and oxygen atoms in total. The lowest BCUT2D eigenvalue weighted by molar-refractivity contribution is -0.274. The lowest BCUT2D eigenvalue weighted by atomic mass is 9.99. The molecular formula is C35H38ClF3N4O6S. The summed E-state index contributed by atoms with van der Waals surface area (Å²) < 4.78 is 57.7. The molecule has 0 bridgehead atoms. The Kier molecular flexibility index (Phi) is 10.7. The van der Waals surface area contributed by atoms with Crippen molar-refractivity contribution < 1.29 is 41.8 Å². The standard InChI is InChI=1S/C35H38ClF3N4O6S/c1-7-27(41-49-33(2,3)32(45)42-50-6)20-14-22(17-24(15-20)46-4)40-30(25-10-8-21(36)16-29(25)47-5)31(44)43-19-34(12-13-34)26-11-9-23(18-28(26)43)48-35(37,38)39/h8-11,14-18,30,40H,7,12-13,19H2,1-6H3,(H,42,45)/b41-27+. The fourth-order valence-corrected chi connectivity index (χ4v) is 6.45. The number of rotatable bonds is 13. The molecule has 3 aromatic carbocycles. The van der Waals surface area contributed by atoms with Crippen molar-refractivity contribution in [2.45, 2.75) is 63.5 Å². The van der Waals surface area contributed by atoms with Gasteiger partial charge in [-0.05, 0) is 69.0 Å². The van der Waals surface area contributed by atoms with Gasteiger partial charge >= 0.3 is 6.36 Å². The van der Waals surface area contributed by atoms with Gasteiger partial charge in [-0.25, -0.2) is 0 Å². The maximum Gasteiger partial charge on any atom is 0.573 e. The van der Waals surface area contributed by atoms with Crippen molar-refractivity contribution >= 4 is 52.4 Å². The largest absolute Gasteiger partial charge is 0.573 e. The van der Waals surface area contributed by atoms with Crippen LogP contribution in [0.1, 0.15) is 62.8 Å². The monoisotopic (exact) mass is 734 g/mol. The number of halogens is 4. The van der Waals surface area contributed by atoms with E-state index < -0.39 is 29.7 Å². The van der Waals surface area contributed by atoms with Gasteiger partial charge < -0.3 is 29.3 Å². The molecule has 50 heavy (non-hydrogen) atoms. The summed E-state index contributed by atoms with van der Waals surface area (Å²) in [5, 5.41) is 8.04. The molecule has 0 aromatic heterocycles. The summed E-state index contributed by atoms with van der Waals surface area (Å²) in [7, 11) is 2.95. The van der Waals surface area contributed by atoms with Crippen LogP contribution in [0.3, 0.4) is 0 Å². The lowest BCUT2D eigenvalue weighted by Crippen LogP contribution is -2.40. The highest BCUT2D eigenvalue weighted by Gasteiger charge is 2.54. The molecule has 0 radical (unpaired) electrons. The van der Waals surface area contributed by atoms with Crippen LogP contribution in [0.25, 0.3) is 0 Å². The van der Waals surface area contributed by atoms with Crippen LogP contribution in [-0.4, -0.2) is 56.5 Å². The van der Waals surface area contributed by atoms with Crippen LogP contribution >= 0.6 is 23.5 Å². The van der Waals surface area contributed by atoms with E-state index in [1.54, 1.807) is 62.6 Å². The average molecular weight is 735 g/mol. The first-order chi connectivity index (χ1) is 23.6. The number of anilines is 2. The molecule has 2 aliphatic rings. The first kappa shape index (κ1) is 37.0. The van der Waals surface area contributed by atoms with Gasteiger partial charge in [-0.1, -0.05) is 47.8 Å². The number of amides is 2. The van der Waals surface area contributed by atoms with E-state index in [4.69, 9.17) is 25.9 Å². The molecule has 1 fully saturated rings. The van der Waals surface area contributed by atoms with E-state index in [9.17, 15) is 22.8 Å². The van der Waals surface area contributed by atoms with E-state index in [0.717, 1.165) is 30.4 Å². The zero-order valence-electron chi connectivity index (χ0n) is 28.4. The van der Waals surface area contributed by atoms with Crippen LogP contribution in [-0.2, 0) is 19.8 Å². The number of oxime groups is 1. The Hall–Kier alpha value is -4.30. The molecule has 1 heterocycles. The summed E-state index contributed by atoms with van der Waals surface area (Å²) in [5.41, 5.74) is 1.56. The number of carbonyl (C=O) groups excluding carboxylic acids is 2. The van der Waals surface area contributed by atoms with Crippen molar-refractivity contribution in [3.63, 3.8) is 0 Å². The Labute approximate surface area is 297 Å². The number of hydrogen-bond donors (Lipinski definition) is 2. The molecule has 1 spiro atoms. The molecule has 2 N–H and O–H groups in total. The highest BCUT2D eigenvalue weighted by Crippen LogP contribution is 2.57. The van der Waals surface area contributed by atoms with E-state index in [2.05, 4.69) is 19.9 Å². The average Bonchev–Trinajstić information content (AvgIpc) is 3.78. The highest BCUT2D eigenvalue weighted by atomic mass is 35.5. The fraction of sp³-hybridized carbons (Fsp3) is 0.400. The molecule has 1 saturated carbocycles. The Morgan fingerprint density at radius 2 is 1.78 bits per heavy atom. The van der Waals surface area contributed by atoms with E-state index >= 15 is 0 Å². The Balaban J connectivity index is 1.56. The third-order valence-electron chi connectivity index (χ3n) is 8.65. The number of nitrogens with one attached hydrogen (secondary N) is 2.